The summed E-state index contributed by atoms with van der Waals surface area (Å²) in [5, 5.41) is 17.8. The van der Waals surface area contributed by atoms with Crippen LogP contribution in [0, 0.1) is 0 Å². The quantitative estimate of drug-likeness (QED) is 0.457. The fourth-order valence-electron chi connectivity index (χ4n) is 1.01. The van der Waals surface area contributed by atoms with Crippen LogP contribution in [0.25, 0.3) is 0 Å². The minimum Gasteiger partial charge on any atom is -0.394 e. The zero-order valence-corrected chi connectivity index (χ0v) is 8.93. The molecule has 0 radical (unpaired) electrons. The lowest BCUT2D eigenvalue weighted by Gasteiger charge is -2.21. The molecule has 2 unspecified atom stereocenters. The monoisotopic (exact) mass is 228 g/mol. The second-order valence-electron chi connectivity index (χ2n) is 3.03. The van der Waals surface area contributed by atoms with Crippen LogP contribution < -0.4 is 0 Å². The van der Waals surface area contributed by atoms with Crippen LogP contribution in [0.3, 0.4) is 0 Å². The van der Waals surface area contributed by atoms with Gasteiger partial charge in [0.1, 0.15) is 6.10 Å². The minimum atomic E-state index is -4.60. The number of hydrogen-bond donors (Lipinski definition) is 4. The average Bonchev–Trinajstić information content (AvgIpc) is 2.09. The van der Waals surface area contributed by atoms with Crippen LogP contribution in [0.4, 0.5) is 0 Å². The highest BCUT2D eigenvalue weighted by molar-refractivity contribution is 7.46. The Bertz CT molecular complexity index is 191. The predicted molar refractivity (Wildman–Crippen MR) is 49.5 cm³/mol. The Labute approximate surface area is 82.8 Å². The van der Waals surface area contributed by atoms with Gasteiger partial charge in [0.15, 0.2) is 0 Å². The molecule has 86 valence electrons. The molecule has 0 rings (SSSR count). The van der Waals surface area contributed by atoms with E-state index in [1.807, 2.05) is 6.92 Å². The third-order valence-corrected chi connectivity index (χ3v) is 2.28. The van der Waals surface area contributed by atoms with Crippen molar-refractivity contribution < 1.29 is 29.1 Å². The summed E-state index contributed by atoms with van der Waals surface area (Å²) < 4.78 is 14.9. The summed E-state index contributed by atoms with van der Waals surface area (Å²) in [5.41, 5.74) is 0. The summed E-state index contributed by atoms with van der Waals surface area (Å²) in [5.74, 6) is 0. The van der Waals surface area contributed by atoms with Gasteiger partial charge in [-0.25, -0.2) is 4.57 Å². The van der Waals surface area contributed by atoms with E-state index in [9.17, 15) is 9.67 Å². The van der Waals surface area contributed by atoms with Gasteiger partial charge in [0, 0.05) is 0 Å². The van der Waals surface area contributed by atoms with E-state index >= 15 is 0 Å². The fraction of sp³-hybridized carbons (Fsp3) is 1.00. The van der Waals surface area contributed by atoms with Gasteiger partial charge in [0.2, 0.25) is 0 Å². The third-order valence-electron chi connectivity index (χ3n) is 1.73. The number of rotatable bonds is 7. The SMILES string of the molecule is CCCCC(OP(=O)(O)O)C(O)CO. The van der Waals surface area contributed by atoms with Crippen molar-refractivity contribution in [2.24, 2.45) is 0 Å². The Hall–Kier alpha value is 0.0300. The van der Waals surface area contributed by atoms with E-state index in [0.717, 1.165) is 6.42 Å². The Balaban J connectivity index is 4.17. The molecule has 0 bridgehead atoms. The van der Waals surface area contributed by atoms with Crippen LogP contribution in [0.1, 0.15) is 26.2 Å². The van der Waals surface area contributed by atoms with Crippen LogP contribution in [-0.2, 0) is 9.09 Å². The molecule has 0 aromatic carbocycles. The van der Waals surface area contributed by atoms with E-state index in [-0.39, 0.29) is 0 Å². The molecule has 0 spiro atoms. The molecule has 6 nitrogen and oxygen atoms in total. The van der Waals surface area contributed by atoms with E-state index in [1.54, 1.807) is 0 Å². The number of aliphatic hydroxyl groups is 2. The third kappa shape index (κ3) is 6.48. The molecule has 0 aliphatic carbocycles. The summed E-state index contributed by atoms with van der Waals surface area (Å²) in [6.45, 7) is 1.33. The highest BCUT2D eigenvalue weighted by Gasteiger charge is 2.27. The highest BCUT2D eigenvalue weighted by Crippen LogP contribution is 2.39. The molecule has 0 heterocycles. The molecule has 0 aromatic rings. The first-order valence-corrected chi connectivity index (χ1v) is 5.96. The number of unbranched alkanes of at least 4 members (excludes halogenated alkanes) is 1. The lowest BCUT2D eigenvalue weighted by molar-refractivity contribution is -0.0177. The lowest BCUT2D eigenvalue weighted by atomic mass is 10.1. The summed E-state index contributed by atoms with van der Waals surface area (Å²) in [4.78, 5) is 17.1. The number of aliphatic hydroxyl groups excluding tert-OH is 2. The second kappa shape index (κ2) is 6.50. The molecule has 4 N–H and O–H groups in total. The van der Waals surface area contributed by atoms with Gasteiger partial charge in [-0.3, -0.25) is 4.52 Å². The predicted octanol–water partition coefficient (Wildman–Crippen LogP) is 0.00770. The largest absolute Gasteiger partial charge is 0.469 e. The van der Waals surface area contributed by atoms with E-state index in [0.29, 0.717) is 12.8 Å². The number of hydrogen-bond acceptors (Lipinski definition) is 4. The van der Waals surface area contributed by atoms with Crippen molar-refractivity contribution >= 4 is 7.82 Å². The van der Waals surface area contributed by atoms with E-state index in [4.69, 9.17) is 14.9 Å². The summed E-state index contributed by atoms with van der Waals surface area (Å²) >= 11 is 0. The molecule has 0 saturated carbocycles. The Morgan fingerprint density at radius 2 is 2.00 bits per heavy atom. The average molecular weight is 228 g/mol. The molecular weight excluding hydrogens is 211 g/mol. The molecule has 0 aliphatic rings. The maximum absolute atomic E-state index is 10.5. The van der Waals surface area contributed by atoms with Crippen molar-refractivity contribution in [1.29, 1.82) is 0 Å². The van der Waals surface area contributed by atoms with Gasteiger partial charge in [-0.15, -0.1) is 0 Å². The van der Waals surface area contributed by atoms with Crippen molar-refractivity contribution in [3.8, 4) is 0 Å². The van der Waals surface area contributed by atoms with Crippen molar-refractivity contribution in [3.05, 3.63) is 0 Å². The van der Waals surface area contributed by atoms with Crippen LogP contribution in [0.5, 0.6) is 0 Å². The lowest BCUT2D eigenvalue weighted by Crippen LogP contribution is -2.31. The molecule has 0 saturated heterocycles. The van der Waals surface area contributed by atoms with Crippen molar-refractivity contribution in [1.82, 2.24) is 0 Å². The van der Waals surface area contributed by atoms with Crippen LogP contribution >= 0.6 is 7.82 Å². The fourth-order valence-corrected chi connectivity index (χ4v) is 1.61. The van der Waals surface area contributed by atoms with Gasteiger partial charge >= 0.3 is 7.82 Å². The van der Waals surface area contributed by atoms with Gasteiger partial charge in [-0.1, -0.05) is 19.8 Å². The van der Waals surface area contributed by atoms with Crippen molar-refractivity contribution in [3.63, 3.8) is 0 Å². The molecule has 0 amide bonds. The molecule has 0 aliphatic heterocycles. The van der Waals surface area contributed by atoms with Gasteiger partial charge in [0.05, 0.1) is 12.7 Å². The van der Waals surface area contributed by atoms with E-state index in [1.165, 1.54) is 0 Å². The Kier molecular flexibility index (Phi) is 6.52. The zero-order valence-electron chi connectivity index (χ0n) is 8.04. The second-order valence-corrected chi connectivity index (χ2v) is 4.22. The smallest absolute Gasteiger partial charge is 0.394 e. The van der Waals surface area contributed by atoms with Crippen LogP contribution in [0.2, 0.25) is 0 Å². The van der Waals surface area contributed by atoms with Gasteiger partial charge < -0.3 is 20.0 Å². The van der Waals surface area contributed by atoms with E-state index in [2.05, 4.69) is 4.52 Å². The molecule has 0 aromatic heterocycles. The Morgan fingerprint density at radius 3 is 2.36 bits per heavy atom. The standard InChI is InChI=1S/C7H17O6P/c1-2-3-4-7(6(9)5-8)13-14(10,11)12/h6-9H,2-5H2,1H3,(H2,10,11,12). The molecule has 7 heteroatoms. The normalized spacial score (nSPS) is 16.6. The van der Waals surface area contributed by atoms with Crippen molar-refractivity contribution in [2.45, 2.75) is 38.4 Å². The molecule has 2 atom stereocenters. The molecular formula is C7H17O6P. The van der Waals surface area contributed by atoms with E-state index < -0.39 is 26.6 Å². The maximum atomic E-state index is 10.5. The first kappa shape index (κ1) is 14.0. The zero-order chi connectivity index (χ0) is 11.2. The topological polar surface area (TPSA) is 107 Å². The van der Waals surface area contributed by atoms with Gasteiger partial charge in [-0.2, -0.15) is 0 Å². The highest BCUT2D eigenvalue weighted by atomic mass is 31.2. The summed E-state index contributed by atoms with van der Waals surface area (Å²) in [6.07, 6.45) is -0.473. The summed E-state index contributed by atoms with van der Waals surface area (Å²) in [7, 11) is -4.60. The summed E-state index contributed by atoms with van der Waals surface area (Å²) in [6, 6.07) is 0. The van der Waals surface area contributed by atoms with Crippen LogP contribution in [0.15, 0.2) is 0 Å². The number of phosphoric acid groups is 1. The minimum absolute atomic E-state index is 0.309. The van der Waals surface area contributed by atoms with Gasteiger partial charge in [0.25, 0.3) is 0 Å². The van der Waals surface area contributed by atoms with Gasteiger partial charge in [-0.05, 0) is 6.42 Å². The van der Waals surface area contributed by atoms with Crippen LogP contribution in [-0.4, -0.2) is 38.8 Å². The maximum Gasteiger partial charge on any atom is 0.469 e. The Morgan fingerprint density at radius 1 is 1.43 bits per heavy atom. The first-order valence-electron chi connectivity index (χ1n) is 4.43. The molecule has 14 heavy (non-hydrogen) atoms. The molecule has 0 fully saturated rings. The first-order chi connectivity index (χ1) is 6.40. The number of phosphoric ester groups is 1. The van der Waals surface area contributed by atoms with Crippen molar-refractivity contribution in [2.75, 3.05) is 6.61 Å².